The first kappa shape index (κ1) is 16.7. The summed E-state index contributed by atoms with van der Waals surface area (Å²) < 4.78 is 0. The van der Waals surface area contributed by atoms with Crippen molar-refractivity contribution in [3.63, 3.8) is 0 Å². The van der Waals surface area contributed by atoms with Crippen LogP contribution in [0.4, 0.5) is 5.00 Å². The minimum atomic E-state index is -0.487. The highest BCUT2D eigenvalue weighted by Gasteiger charge is 2.29. The van der Waals surface area contributed by atoms with Gasteiger partial charge in [-0.15, -0.1) is 11.3 Å². The summed E-state index contributed by atoms with van der Waals surface area (Å²) in [5.41, 5.74) is 0.113. The Morgan fingerprint density at radius 1 is 1.41 bits per heavy atom. The van der Waals surface area contributed by atoms with E-state index in [0.29, 0.717) is 17.1 Å². The molecule has 1 aliphatic heterocycles. The van der Waals surface area contributed by atoms with Crippen molar-refractivity contribution in [2.45, 2.75) is 47.1 Å². The number of carbonyl (C=O) groups is 2. The van der Waals surface area contributed by atoms with Crippen molar-refractivity contribution in [1.29, 1.82) is 0 Å². The SMILES string of the molecule is CCC1C=CCN1C(=O)c1cc(C)sc1NC(=O)C(C)(C)C. The van der Waals surface area contributed by atoms with E-state index in [9.17, 15) is 9.59 Å². The van der Waals surface area contributed by atoms with Gasteiger partial charge in [-0.1, -0.05) is 39.8 Å². The van der Waals surface area contributed by atoms with Gasteiger partial charge in [-0.05, 0) is 19.4 Å². The summed E-state index contributed by atoms with van der Waals surface area (Å²) in [6.45, 7) is 10.2. The molecule has 1 unspecified atom stereocenters. The van der Waals surface area contributed by atoms with Gasteiger partial charge in [0.1, 0.15) is 5.00 Å². The van der Waals surface area contributed by atoms with Crippen LogP contribution in [0.15, 0.2) is 18.2 Å². The Bertz CT molecular complexity index is 611. The average Bonchev–Trinajstić information content (AvgIpc) is 3.03. The first-order valence-corrected chi connectivity index (χ1v) is 8.45. The molecule has 0 radical (unpaired) electrons. The van der Waals surface area contributed by atoms with E-state index in [1.807, 2.05) is 44.7 Å². The van der Waals surface area contributed by atoms with Crippen LogP contribution in [-0.4, -0.2) is 29.3 Å². The van der Waals surface area contributed by atoms with Gasteiger partial charge in [0.15, 0.2) is 0 Å². The molecular formula is C17H24N2O2S. The van der Waals surface area contributed by atoms with E-state index in [-0.39, 0.29) is 17.9 Å². The molecule has 2 amide bonds. The fourth-order valence-electron chi connectivity index (χ4n) is 2.37. The highest BCUT2D eigenvalue weighted by atomic mass is 32.1. The van der Waals surface area contributed by atoms with Gasteiger partial charge >= 0.3 is 0 Å². The molecule has 2 heterocycles. The third-order valence-electron chi connectivity index (χ3n) is 3.73. The summed E-state index contributed by atoms with van der Waals surface area (Å²) in [7, 11) is 0. The van der Waals surface area contributed by atoms with Crippen LogP contribution in [0.5, 0.6) is 0 Å². The second-order valence-corrected chi connectivity index (χ2v) is 7.92. The minimum absolute atomic E-state index is 0.00888. The number of nitrogens with one attached hydrogen (secondary N) is 1. The molecule has 0 aliphatic carbocycles. The van der Waals surface area contributed by atoms with Crippen LogP contribution in [0, 0.1) is 12.3 Å². The van der Waals surface area contributed by atoms with Gasteiger partial charge in [0.05, 0.1) is 11.6 Å². The molecule has 0 fully saturated rings. The molecule has 1 aromatic heterocycles. The molecule has 2 rings (SSSR count). The molecule has 1 aromatic rings. The first-order chi connectivity index (χ1) is 10.2. The molecule has 0 spiro atoms. The minimum Gasteiger partial charge on any atom is -0.328 e. The Kier molecular flexibility index (Phi) is 4.75. The third-order valence-corrected chi connectivity index (χ3v) is 4.70. The standard InChI is InChI=1S/C17H24N2O2S/c1-6-12-8-7-9-19(12)15(20)13-10-11(2)22-14(13)18-16(21)17(3,4)5/h7-8,10,12H,6,9H2,1-5H3,(H,18,21). The second kappa shape index (κ2) is 6.24. The highest BCUT2D eigenvalue weighted by Crippen LogP contribution is 2.31. The Labute approximate surface area is 136 Å². The van der Waals surface area contributed by atoms with Crippen LogP contribution in [0.2, 0.25) is 0 Å². The van der Waals surface area contributed by atoms with E-state index in [0.717, 1.165) is 11.3 Å². The number of carbonyl (C=O) groups excluding carboxylic acids is 2. The predicted octanol–water partition coefficient (Wildman–Crippen LogP) is 3.83. The van der Waals surface area contributed by atoms with Gasteiger partial charge in [0, 0.05) is 16.8 Å². The van der Waals surface area contributed by atoms with Crippen LogP contribution in [0.3, 0.4) is 0 Å². The molecule has 0 saturated carbocycles. The number of anilines is 1. The first-order valence-electron chi connectivity index (χ1n) is 7.63. The zero-order valence-corrected chi connectivity index (χ0v) is 14.7. The number of thiophene rings is 1. The molecule has 120 valence electrons. The number of amides is 2. The Morgan fingerprint density at radius 2 is 2.09 bits per heavy atom. The zero-order valence-electron chi connectivity index (χ0n) is 13.9. The molecule has 1 aliphatic rings. The van der Waals surface area contributed by atoms with Crippen LogP contribution in [0.25, 0.3) is 0 Å². The van der Waals surface area contributed by atoms with Crippen molar-refractivity contribution >= 4 is 28.2 Å². The number of hydrogen-bond acceptors (Lipinski definition) is 3. The van der Waals surface area contributed by atoms with Gasteiger partial charge < -0.3 is 10.2 Å². The Morgan fingerprint density at radius 3 is 2.68 bits per heavy atom. The van der Waals surface area contributed by atoms with Gasteiger partial charge in [-0.3, -0.25) is 9.59 Å². The molecule has 0 bridgehead atoms. The average molecular weight is 320 g/mol. The smallest absolute Gasteiger partial charge is 0.257 e. The molecule has 4 nitrogen and oxygen atoms in total. The summed E-state index contributed by atoms with van der Waals surface area (Å²) in [4.78, 5) is 27.9. The number of rotatable bonds is 3. The van der Waals surface area contributed by atoms with Crippen molar-refractivity contribution in [2.24, 2.45) is 5.41 Å². The van der Waals surface area contributed by atoms with Gasteiger partial charge in [-0.2, -0.15) is 0 Å². The summed E-state index contributed by atoms with van der Waals surface area (Å²) in [5, 5.41) is 3.58. The normalized spacial score (nSPS) is 17.9. The number of hydrogen-bond donors (Lipinski definition) is 1. The summed E-state index contributed by atoms with van der Waals surface area (Å²) >= 11 is 1.45. The molecule has 5 heteroatoms. The molecule has 22 heavy (non-hydrogen) atoms. The highest BCUT2D eigenvalue weighted by molar-refractivity contribution is 7.16. The van der Waals surface area contributed by atoms with Crippen molar-refractivity contribution in [3.8, 4) is 0 Å². The summed E-state index contributed by atoms with van der Waals surface area (Å²) in [6.07, 6.45) is 5.00. The van der Waals surface area contributed by atoms with Crippen LogP contribution >= 0.6 is 11.3 Å². The summed E-state index contributed by atoms with van der Waals surface area (Å²) in [5.74, 6) is -0.0830. The van der Waals surface area contributed by atoms with Gasteiger partial charge in [-0.25, -0.2) is 0 Å². The molecule has 1 N–H and O–H groups in total. The second-order valence-electron chi connectivity index (χ2n) is 6.67. The van der Waals surface area contributed by atoms with E-state index in [1.54, 1.807) is 0 Å². The lowest BCUT2D eigenvalue weighted by Crippen LogP contribution is -2.36. The lowest BCUT2D eigenvalue weighted by molar-refractivity contribution is -0.123. The van der Waals surface area contributed by atoms with E-state index in [4.69, 9.17) is 0 Å². The van der Waals surface area contributed by atoms with Gasteiger partial charge in [0.25, 0.3) is 5.91 Å². The van der Waals surface area contributed by atoms with E-state index in [2.05, 4.69) is 18.3 Å². The maximum atomic E-state index is 12.8. The fraction of sp³-hybridized carbons (Fsp3) is 0.529. The molecule has 1 atom stereocenters. The molecule has 0 aromatic carbocycles. The monoisotopic (exact) mass is 320 g/mol. The zero-order chi connectivity index (χ0) is 16.5. The van der Waals surface area contributed by atoms with E-state index in [1.165, 1.54) is 11.3 Å². The molecule has 0 saturated heterocycles. The largest absolute Gasteiger partial charge is 0.328 e. The van der Waals surface area contributed by atoms with Crippen molar-refractivity contribution in [2.75, 3.05) is 11.9 Å². The predicted molar refractivity (Wildman–Crippen MR) is 91.4 cm³/mol. The van der Waals surface area contributed by atoms with E-state index >= 15 is 0 Å². The van der Waals surface area contributed by atoms with Crippen LogP contribution in [-0.2, 0) is 4.79 Å². The van der Waals surface area contributed by atoms with Crippen molar-refractivity contribution < 1.29 is 9.59 Å². The topological polar surface area (TPSA) is 49.4 Å². The van der Waals surface area contributed by atoms with Gasteiger partial charge in [0.2, 0.25) is 5.91 Å². The Hall–Kier alpha value is -1.62. The van der Waals surface area contributed by atoms with Crippen LogP contribution < -0.4 is 5.32 Å². The maximum Gasteiger partial charge on any atom is 0.257 e. The lowest BCUT2D eigenvalue weighted by Gasteiger charge is -2.24. The van der Waals surface area contributed by atoms with E-state index < -0.39 is 5.41 Å². The quantitative estimate of drug-likeness (QED) is 0.860. The van der Waals surface area contributed by atoms with Crippen molar-refractivity contribution in [3.05, 3.63) is 28.7 Å². The maximum absolute atomic E-state index is 12.8. The number of aryl methyl sites for hydroxylation is 1. The molecular weight excluding hydrogens is 296 g/mol. The van der Waals surface area contributed by atoms with Crippen molar-refractivity contribution in [1.82, 2.24) is 4.90 Å². The third kappa shape index (κ3) is 3.40. The van der Waals surface area contributed by atoms with Crippen LogP contribution in [0.1, 0.15) is 49.4 Å². The summed E-state index contributed by atoms with van der Waals surface area (Å²) in [6, 6.07) is 2.02. The number of nitrogens with zero attached hydrogens (tertiary/aromatic N) is 1. The lowest BCUT2D eigenvalue weighted by atomic mass is 9.96. The fourth-order valence-corrected chi connectivity index (χ4v) is 3.27. The Balaban J connectivity index is 2.25.